The summed E-state index contributed by atoms with van der Waals surface area (Å²) in [5, 5.41) is 0.820. The number of para-hydroxylation sites is 1. The minimum atomic E-state index is -0.254. The molecule has 0 radical (unpaired) electrons. The number of hydrogen-bond donors (Lipinski definition) is 2. The number of thioether (sulfide) groups is 1. The zero-order valence-corrected chi connectivity index (χ0v) is 17.2. The van der Waals surface area contributed by atoms with E-state index in [0.717, 1.165) is 11.3 Å². The molecule has 2 aromatic carbocycles. The van der Waals surface area contributed by atoms with Crippen molar-refractivity contribution in [2.45, 2.75) is 12.3 Å². The fourth-order valence-corrected chi connectivity index (χ4v) is 3.34. The fourth-order valence-electron chi connectivity index (χ4n) is 2.77. The molecule has 0 saturated carbocycles. The number of nitrogens with two attached hydrogens (primary N) is 1. The maximum absolute atomic E-state index is 12.4. The van der Waals surface area contributed by atoms with Crippen molar-refractivity contribution in [1.29, 1.82) is 0 Å². The van der Waals surface area contributed by atoms with E-state index in [1.54, 1.807) is 19.2 Å². The molecule has 1 heterocycles. The second-order valence-electron chi connectivity index (χ2n) is 5.99. The Morgan fingerprint density at radius 3 is 2.52 bits per heavy atom. The fraction of sp³-hybridized carbons (Fsp3) is 0.250. The number of benzene rings is 2. The lowest BCUT2D eigenvalue weighted by Crippen LogP contribution is -2.13. The lowest BCUT2D eigenvalue weighted by Gasteiger charge is -2.09. The highest BCUT2D eigenvalue weighted by molar-refractivity contribution is 8.13. The summed E-state index contributed by atoms with van der Waals surface area (Å²) in [6.07, 6.45) is 0. The number of amidine groups is 1. The first-order valence-corrected chi connectivity index (χ1v) is 9.73. The summed E-state index contributed by atoms with van der Waals surface area (Å²) in [5.41, 5.74) is 7.22. The summed E-state index contributed by atoms with van der Waals surface area (Å²) in [5.74, 6) is 2.62. The summed E-state index contributed by atoms with van der Waals surface area (Å²) in [4.78, 5) is 24.1. The van der Waals surface area contributed by atoms with E-state index in [-0.39, 0.29) is 5.56 Å². The number of aromatic amines is 1. The Balaban J connectivity index is 1.75. The second-order valence-corrected chi connectivity index (χ2v) is 6.99. The van der Waals surface area contributed by atoms with Gasteiger partial charge in [-0.1, -0.05) is 30.0 Å². The third kappa shape index (κ3) is 4.80. The van der Waals surface area contributed by atoms with Gasteiger partial charge >= 0.3 is 0 Å². The van der Waals surface area contributed by atoms with Gasteiger partial charge in [0.1, 0.15) is 11.6 Å². The number of fused-ring (bicyclic) bond motifs is 1. The highest BCUT2D eigenvalue weighted by atomic mass is 32.2. The number of H-pyrrole nitrogens is 1. The number of hydrogen-bond acceptors (Lipinski definition) is 7. The minimum Gasteiger partial charge on any atom is -0.496 e. The van der Waals surface area contributed by atoms with Crippen LogP contribution in [0.4, 0.5) is 0 Å². The van der Waals surface area contributed by atoms with Crippen molar-refractivity contribution in [2.24, 2.45) is 10.7 Å². The van der Waals surface area contributed by atoms with E-state index in [9.17, 15) is 4.79 Å². The largest absolute Gasteiger partial charge is 0.496 e. The normalized spacial score (nSPS) is 11.5. The summed E-state index contributed by atoms with van der Waals surface area (Å²) in [7, 11) is 4.67. The van der Waals surface area contributed by atoms with Crippen LogP contribution in [-0.4, -0.2) is 36.5 Å². The topological polar surface area (TPSA) is 112 Å². The van der Waals surface area contributed by atoms with Gasteiger partial charge < -0.3 is 24.9 Å². The number of methoxy groups -OCH3 is 3. The quantitative estimate of drug-likeness (QED) is 0.451. The predicted molar refractivity (Wildman–Crippen MR) is 115 cm³/mol. The van der Waals surface area contributed by atoms with E-state index in [1.165, 1.54) is 26.0 Å². The van der Waals surface area contributed by atoms with Crippen LogP contribution >= 0.6 is 11.8 Å². The van der Waals surface area contributed by atoms with Crippen molar-refractivity contribution < 1.29 is 14.2 Å². The summed E-state index contributed by atoms with van der Waals surface area (Å²) < 4.78 is 15.8. The molecule has 0 saturated heterocycles. The van der Waals surface area contributed by atoms with E-state index in [2.05, 4.69) is 15.0 Å². The first-order chi connectivity index (χ1) is 14.0. The van der Waals surface area contributed by atoms with Crippen LogP contribution in [0.3, 0.4) is 0 Å². The molecule has 0 atom stereocenters. The standard InChI is InChI=1S/C20H22N4O4S/c1-26-15-7-5-4-6-12(15)10-22-20(21)29-11-18-23-14-9-17(28-3)16(27-2)8-13(14)19(25)24-18/h4-9H,10-11H2,1-3H3,(H2,21,22)(H,23,24,25). The van der Waals surface area contributed by atoms with Crippen molar-refractivity contribution in [3.63, 3.8) is 0 Å². The van der Waals surface area contributed by atoms with Gasteiger partial charge in [-0.25, -0.2) is 4.98 Å². The van der Waals surface area contributed by atoms with Crippen molar-refractivity contribution in [3.8, 4) is 17.2 Å². The van der Waals surface area contributed by atoms with E-state index < -0.39 is 0 Å². The Labute approximate surface area is 172 Å². The smallest absolute Gasteiger partial charge is 0.258 e. The Morgan fingerprint density at radius 1 is 1.10 bits per heavy atom. The molecule has 3 aromatic rings. The molecule has 9 heteroatoms. The average molecular weight is 414 g/mol. The molecule has 0 spiro atoms. The maximum Gasteiger partial charge on any atom is 0.258 e. The molecule has 0 aliphatic rings. The van der Waals surface area contributed by atoms with Gasteiger partial charge in [-0.05, 0) is 12.1 Å². The average Bonchev–Trinajstić information content (AvgIpc) is 2.75. The number of aliphatic imine (C=N–C) groups is 1. The number of rotatable bonds is 7. The number of nitrogens with one attached hydrogen (secondary N) is 1. The van der Waals surface area contributed by atoms with Gasteiger partial charge in [0.2, 0.25) is 0 Å². The molecular weight excluding hydrogens is 392 g/mol. The Morgan fingerprint density at radius 2 is 1.79 bits per heavy atom. The zero-order chi connectivity index (χ0) is 20.8. The highest BCUT2D eigenvalue weighted by Crippen LogP contribution is 2.30. The number of ether oxygens (including phenoxy) is 3. The lowest BCUT2D eigenvalue weighted by molar-refractivity contribution is 0.355. The molecule has 0 fully saturated rings. The van der Waals surface area contributed by atoms with E-state index in [1.807, 2.05) is 24.3 Å². The second kappa shape index (κ2) is 9.33. The Bertz CT molecular complexity index is 1100. The lowest BCUT2D eigenvalue weighted by atomic mass is 10.2. The molecule has 0 unspecified atom stereocenters. The molecule has 3 N–H and O–H groups in total. The summed E-state index contributed by atoms with van der Waals surface area (Å²) in [6.45, 7) is 0.404. The van der Waals surface area contributed by atoms with Crippen LogP contribution in [0.25, 0.3) is 10.9 Å². The number of aromatic nitrogens is 2. The Hall–Kier alpha value is -3.20. The Kier molecular flexibility index (Phi) is 6.61. The van der Waals surface area contributed by atoms with Crippen molar-refractivity contribution in [3.05, 3.63) is 58.1 Å². The first-order valence-electron chi connectivity index (χ1n) is 8.75. The predicted octanol–water partition coefficient (Wildman–Crippen LogP) is 2.70. The number of nitrogens with zero attached hydrogens (tertiary/aromatic N) is 2. The van der Waals surface area contributed by atoms with Crippen LogP contribution in [-0.2, 0) is 12.3 Å². The van der Waals surface area contributed by atoms with Gasteiger partial charge in [0.05, 0.1) is 44.5 Å². The molecule has 8 nitrogen and oxygen atoms in total. The monoisotopic (exact) mass is 414 g/mol. The van der Waals surface area contributed by atoms with Crippen LogP contribution < -0.4 is 25.5 Å². The van der Waals surface area contributed by atoms with Gasteiger partial charge in [-0.2, -0.15) is 0 Å². The van der Waals surface area contributed by atoms with Crippen molar-refractivity contribution >= 4 is 27.8 Å². The SMILES string of the molecule is COc1ccccc1CN=C(N)SCc1nc2cc(OC)c(OC)cc2c(=O)[nH]1. The molecule has 0 aliphatic carbocycles. The third-order valence-electron chi connectivity index (χ3n) is 4.21. The van der Waals surface area contributed by atoms with Gasteiger partial charge in [0.15, 0.2) is 16.7 Å². The van der Waals surface area contributed by atoms with Crippen LogP contribution in [0, 0.1) is 0 Å². The maximum atomic E-state index is 12.4. The molecule has 1 aromatic heterocycles. The highest BCUT2D eigenvalue weighted by Gasteiger charge is 2.11. The van der Waals surface area contributed by atoms with E-state index in [4.69, 9.17) is 19.9 Å². The van der Waals surface area contributed by atoms with Crippen LogP contribution in [0.2, 0.25) is 0 Å². The molecular formula is C20H22N4O4S. The van der Waals surface area contributed by atoms with Crippen molar-refractivity contribution in [1.82, 2.24) is 9.97 Å². The first kappa shape index (κ1) is 20.5. The van der Waals surface area contributed by atoms with E-state index >= 15 is 0 Å². The summed E-state index contributed by atoms with van der Waals surface area (Å²) >= 11 is 1.30. The molecule has 0 aliphatic heterocycles. The minimum absolute atomic E-state index is 0.254. The van der Waals surface area contributed by atoms with Gasteiger partial charge in [-0.3, -0.25) is 9.79 Å². The van der Waals surface area contributed by atoms with Crippen LogP contribution in [0.15, 0.2) is 46.2 Å². The molecule has 0 bridgehead atoms. The molecule has 3 rings (SSSR count). The van der Waals surface area contributed by atoms with E-state index in [0.29, 0.717) is 45.7 Å². The van der Waals surface area contributed by atoms with Crippen molar-refractivity contribution in [2.75, 3.05) is 21.3 Å². The molecule has 152 valence electrons. The van der Waals surface area contributed by atoms with Gasteiger partial charge in [0, 0.05) is 11.6 Å². The third-order valence-corrected chi connectivity index (χ3v) is 5.06. The molecule has 29 heavy (non-hydrogen) atoms. The van der Waals surface area contributed by atoms with Gasteiger partial charge in [-0.15, -0.1) is 0 Å². The summed E-state index contributed by atoms with van der Waals surface area (Å²) in [6, 6.07) is 10.9. The zero-order valence-electron chi connectivity index (χ0n) is 16.4. The molecule has 0 amide bonds. The van der Waals surface area contributed by atoms with Crippen LogP contribution in [0.1, 0.15) is 11.4 Å². The van der Waals surface area contributed by atoms with Crippen LogP contribution in [0.5, 0.6) is 17.2 Å². The van der Waals surface area contributed by atoms with Gasteiger partial charge in [0.25, 0.3) is 5.56 Å².